The largest absolute Gasteiger partial charge is 0.512 e. The number of amides is 1. The lowest BCUT2D eigenvalue weighted by molar-refractivity contribution is 0.102. The molecular formula is C26H25N3O3PS+. The van der Waals surface area contributed by atoms with Crippen molar-refractivity contribution in [3.05, 3.63) is 101 Å². The fraction of sp³-hybridized carbons (Fsp3) is 0.154. The molecule has 0 spiro atoms. The monoisotopic (exact) mass is 490 g/mol. The Kier molecular flexibility index (Phi) is 7.17. The molecule has 0 saturated carbocycles. The maximum absolute atomic E-state index is 12.9. The standard InChI is InChI=1S/C26H24N3O3PS/c1-26(33(31)32,16-19-4-2-12-28-17-19)15-18-6-8-20(9-7-18)25(30)29-23-14-21(10-11-22(23)27)24-5-3-13-34-24/h2-14,17H,15-16,27H2,1H3,(H-,29,30,31,32)/p+1. The summed E-state index contributed by atoms with van der Waals surface area (Å²) in [5.74, 6) is -0.270. The first kappa shape index (κ1) is 23.8. The summed E-state index contributed by atoms with van der Waals surface area (Å²) >= 11 is 1.62. The van der Waals surface area contributed by atoms with Gasteiger partial charge in [-0.1, -0.05) is 30.3 Å². The molecule has 0 bridgehead atoms. The normalized spacial score (nSPS) is 13.2. The van der Waals surface area contributed by atoms with Crippen molar-refractivity contribution in [2.24, 2.45) is 0 Å². The molecule has 6 nitrogen and oxygen atoms in total. The number of nitrogens with one attached hydrogen (secondary N) is 1. The molecule has 0 aliphatic heterocycles. The number of pyridine rings is 1. The Hall–Kier alpha value is -3.38. The van der Waals surface area contributed by atoms with Crippen LogP contribution in [0.1, 0.15) is 28.4 Å². The average molecular weight is 491 g/mol. The van der Waals surface area contributed by atoms with Crippen LogP contribution in [0.15, 0.2) is 84.5 Å². The van der Waals surface area contributed by atoms with E-state index >= 15 is 0 Å². The van der Waals surface area contributed by atoms with Gasteiger partial charge in [0.2, 0.25) is 5.16 Å². The molecule has 34 heavy (non-hydrogen) atoms. The molecule has 4 rings (SSSR count). The van der Waals surface area contributed by atoms with E-state index in [1.807, 2.05) is 53.9 Å². The summed E-state index contributed by atoms with van der Waals surface area (Å²) in [6.45, 7) is 1.79. The predicted molar refractivity (Wildman–Crippen MR) is 138 cm³/mol. The summed E-state index contributed by atoms with van der Waals surface area (Å²) in [5.41, 5.74) is 10.4. The van der Waals surface area contributed by atoms with Gasteiger partial charge in [0.15, 0.2) is 0 Å². The van der Waals surface area contributed by atoms with Crippen LogP contribution in [0.25, 0.3) is 10.4 Å². The van der Waals surface area contributed by atoms with E-state index in [4.69, 9.17) is 5.73 Å². The summed E-state index contributed by atoms with van der Waals surface area (Å²) in [6.07, 6.45) is 4.21. The van der Waals surface area contributed by atoms with Crippen LogP contribution in [0.2, 0.25) is 0 Å². The van der Waals surface area contributed by atoms with Crippen molar-refractivity contribution in [1.82, 2.24) is 4.98 Å². The van der Waals surface area contributed by atoms with Gasteiger partial charge in [0.05, 0.1) is 11.4 Å². The van der Waals surface area contributed by atoms with E-state index in [-0.39, 0.29) is 5.91 Å². The van der Waals surface area contributed by atoms with Crippen molar-refractivity contribution in [3.63, 3.8) is 0 Å². The third-order valence-corrected chi connectivity index (χ3v) is 7.84. The minimum atomic E-state index is -2.44. The van der Waals surface area contributed by atoms with Gasteiger partial charge in [-0.15, -0.1) is 11.3 Å². The quantitative estimate of drug-likeness (QED) is 0.210. The Bertz CT molecular complexity index is 1290. The predicted octanol–water partition coefficient (Wildman–Crippen LogP) is 5.92. The smallest absolute Gasteiger partial charge is 0.397 e. The number of hydrogen-bond acceptors (Lipinski definition) is 5. The summed E-state index contributed by atoms with van der Waals surface area (Å²) < 4.78 is 12.2. The Morgan fingerprint density at radius 3 is 2.50 bits per heavy atom. The highest BCUT2D eigenvalue weighted by Crippen LogP contribution is 2.40. The number of nitrogens with two attached hydrogens (primary N) is 1. The van der Waals surface area contributed by atoms with Crippen LogP contribution in [-0.4, -0.2) is 20.9 Å². The first-order chi connectivity index (χ1) is 16.3. The van der Waals surface area contributed by atoms with Crippen molar-refractivity contribution in [1.29, 1.82) is 0 Å². The summed E-state index contributed by atoms with van der Waals surface area (Å²) in [7, 11) is -2.44. The maximum atomic E-state index is 12.9. The van der Waals surface area contributed by atoms with E-state index in [0.717, 1.165) is 21.6 Å². The van der Waals surface area contributed by atoms with Crippen LogP contribution in [0.4, 0.5) is 11.4 Å². The number of carbonyl (C=O) groups is 1. The molecule has 0 fully saturated rings. The van der Waals surface area contributed by atoms with E-state index in [2.05, 4.69) is 10.3 Å². The Morgan fingerprint density at radius 2 is 1.85 bits per heavy atom. The molecule has 2 heterocycles. The first-order valence-corrected chi connectivity index (χ1v) is 12.8. The SMILES string of the molecule is CC(Cc1ccc(C(=O)Nc2cc(-c3cccs3)ccc2N)cc1)(Cc1cccnc1)[P+](=O)O. The van der Waals surface area contributed by atoms with Crippen molar-refractivity contribution >= 4 is 36.6 Å². The Morgan fingerprint density at radius 1 is 1.09 bits per heavy atom. The van der Waals surface area contributed by atoms with Crippen LogP contribution >= 0.6 is 19.4 Å². The van der Waals surface area contributed by atoms with E-state index in [9.17, 15) is 14.3 Å². The molecule has 2 aromatic heterocycles. The molecule has 4 aromatic rings. The van der Waals surface area contributed by atoms with Gasteiger partial charge >= 0.3 is 8.03 Å². The second-order valence-corrected chi connectivity index (χ2v) is 11.0. The number of nitrogen functional groups attached to an aromatic ring is 1. The number of aromatic nitrogens is 1. The zero-order chi connectivity index (χ0) is 24.1. The second kappa shape index (κ2) is 10.3. The topological polar surface area (TPSA) is 105 Å². The van der Waals surface area contributed by atoms with E-state index < -0.39 is 13.2 Å². The van der Waals surface area contributed by atoms with Gasteiger partial charge in [-0.05, 0) is 70.0 Å². The number of rotatable bonds is 8. The van der Waals surface area contributed by atoms with Gasteiger partial charge in [-0.25, -0.2) is 0 Å². The third-order valence-electron chi connectivity index (χ3n) is 5.68. The molecule has 2 aromatic carbocycles. The van der Waals surface area contributed by atoms with Gasteiger partial charge in [0.25, 0.3) is 5.91 Å². The lowest BCUT2D eigenvalue weighted by Gasteiger charge is -2.17. The fourth-order valence-electron chi connectivity index (χ4n) is 3.81. The van der Waals surface area contributed by atoms with Crippen LogP contribution in [0.5, 0.6) is 0 Å². The third kappa shape index (κ3) is 5.57. The van der Waals surface area contributed by atoms with Crippen molar-refractivity contribution in [2.45, 2.75) is 24.9 Å². The summed E-state index contributed by atoms with van der Waals surface area (Å²) in [4.78, 5) is 28.1. The minimum Gasteiger partial charge on any atom is -0.397 e. The molecule has 2 atom stereocenters. The second-order valence-electron chi connectivity index (χ2n) is 8.42. The summed E-state index contributed by atoms with van der Waals surface area (Å²) in [6, 6.07) is 20.4. The van der Waals surface area contributed by atoms with Gasteiger partial charge in [0.1, 0.15) is 0 Å². The Balaban J connectivity index is 1.47. The van der Waals surface area contributed by atoms with Gasteiger partial charge in [0, 0.05) is 35.7 Å². The molecule has 0 aliphatic carbocycles. The number of carbonyl (C=O) groups excluding carboxylic acids is 1. The molecule has 0 saturated heterocycles. The molecule has 4 N–H and O–H groups in total. The fourth-order valence-corrected chi connectivity index (χ4v) is 5.17. The zero-order valence-electron chi connectivity index (χ0n) is 18.6. The molecule has 172 valence electrons. The Labute approximate surface area is 203 Å². The zero-order valence-corrected chi connectivity index (χ0v) is 20.4. The van der Waals surface area contributed by atoms with Crippen molar-refractivity contribution in [3.8, 4) is 10.4 Å². The number of thiophene rings is 1. The first-order valence-electron chi connectivity index (χ1n) is 10.7. The number of benzene rings is 2. The van der Waals surface area contributed by atoms with Gasteiger partial charge in [-0.2, -0.15) is 4.89 Å². The maximum Gasteiger partial charge on any atom is 0.512 e. The van der Waals surface area contributed by atoms with E-state index in [1.54, 1.807) is 48.9 Å². The molecule has 2 unspecified atom stereocenters. The number of anilines is 2. The van der Waals surface area contributed by atoms with E-state index in [0.29, 0.717) is 29.8 Å². The highest BCUT2D eigenvalue weighted by molar-refractivity contribution is 7.40. The van der Waals surface area contributed by atoms with Crippen LogP contribution < -0.4 is 11.1 Å². The number of hydrogen-bond donors (Lipinski definition) is 3. The molecule has 8 heteroatoms. The molecule has 1 amide bonds. The molecular weight excluding hydrogens is 465 g/mol. The van der Waals surface area contributed by atoms with Crippen molar-refractivity contribution in [2.75, 3.05) is 11.1 Å². The average Bonchev–Trinajstić information content (AvgIpc) is 3.36. The van der Waals surface area contributed by atoms with Crippen LogP contribution in [0.3, 0.4) is 0 Å². The van der Waals surface area contributed by atoms with E-state index in [1.165, 1.54) is 0 Å². The molecule has 0 radical (unpaired) electrons. The summed E-state index contributed by atoms with van der Waals surface area (Å²) in [5, 5.41) is 4.05. The highest BCUT2D eigenvalue weighted by atomic mass is 32.1. The van der Waals surface area contributed by atoms with Crippen LogP contribution in [0, 0.1) is 0 Å². The van der Waals surface area contributed by atoms with Crippen molar-refractivity contribution < 1.29 is 14.3 Å². The molecule has 0 aliphatic rings. The van der Waals surface area contributed by atoms with Gasteiger partial charge < -0.3 is 11.1 Å². The lowest BCUT2D eigenvalue weighted by atomic mass is 9.93. The highest BCUT2D eigenvalue weighted by Gasteiger charge is 2.44. The van der Waals surface area contributed by atoms with Crippen LogP contribution in [-0.2, 0) is 17.4 Å². The minimum absolute atomic E-state index is 0.270. The number of nitrogens with zero attached hydrogens (tertiary/aromatic N) is 1. The van der Waals surface area contributed by atoms with Gasteiger partial charge in [-0.3, -0.25) is 9.78 Å². The lowest BCUT2D eigenvalue weighted by Crippen LogP contribution is -2.26.